The summed E-state index contributed by atoms with van der Waals surface area (Å²) >= 11 is 0. The molecule has 0 N–H and O–H groups in total. The van der Waals surface area contributed by atoms with Gasteiger partial charge in [0, 0.05) is 0 Å². The molecule has 3 fully saturated rings. The fourth-order valence-electron chi connectivity index (χ4n) is 8.67. The predicted molar refractivity (Wildman–Crippen MR) is 92.0 cm³/mol. The van der Waals surface area contributed by atoms with E-state index in [1.807, 2.05) is 0 Å². The van der Waals surface area contributed by atoms with Crippen LogP contribution in [-0.4, -0.2) is 0 Å². The maximum absolute atomic E-state index is 2.67. The summed E-state index contributed by atoms with van der Waals surface area (Å²) in [4.78, 5) is 0. The second-order valence-corrected chi connectivity index (χ2v) is 10.2. The van der Waals surface area contributed by atoms with Crippen molar-refractivity contribution < 1.29 is 0 Å². The number of hydrogen-bond acceptors (Lipinski definition) is 0. The summed E-state index contributed by atoms with van der Waals surface area (Å²) in [5, 5.41) is 0. The summed E-state index contributed by atoms with van der Waals surface area (Å²) in [6.45, 7) is 25.7. The summed E-state index contributed by atoms with van der Waals surface area (Å²) in [6, 6.07) is 0. The van der Waals surface area contributed by atoms with Gasteiger partial charge in [-0.25, -0.2) is 0 Å². The molecule has 0 amide bonds. The van der Waals surface area contributed by atoms with Gasteiger partial charge in [0.1, 0.15) is 0 Å². The molecule has 0 bridgehead atoms. The summed E-state index contributed by atoms with van der Waals surface area (Å²) in [5.74, 6) is 5.46. The van der Waals surface area contributed by atoms with Crippen molar-refractivity contribution in [2.45, 2.75) is 75.7 Å². The third kappa shape index (κ3) is 1.15. The van der Waals surface area contributed by atoms with Gasteiger partial charge in [-0.3, -0.25) is 0 Å². The van der Waals surface area contributed by atoms with Crippen molar-refractivity contribution in [1.29, 1.82) is 0 Å². The Morgan fingerprint density at radius 1 is 0.857 bits per heavy atom. The van der Waals surface area contributed by atoms with Crippen LogP contribution in [0.2, 0.25) is 0 Å². The topological polar surface area (TPSA) is 0 Å². The Balaban J connectivity index is 2.16. The molecule has 8 atom stereocenters. The van der Waals surface area contributed by atoms with Crippen LogP contribution in [0.15, 0.2) is 0 Å². The third-order valence-electron chi connectivity index (χ3n) is 10.7. The first-order valence-corrected chi connectivity index (χ1v) is 9.45. The van der Waals surface area contributed by atoms with Gasteiger partial charge in [0.05, 0.1) is 0 Å². The average Bonchev–Trinajstić information content (AvgIpc) is 2.53. The van der Waals surface area contributed by atoms with Crippen LogP contribution in [0.4, 0.5) is 0 Å². The molecule has 8 unspecified atom stereocenters. The second kappa shape index (κ2) is 3.90. The summed E-state index contributed by atoms with van der Waals surface area (Å²) in [5.41, 5.74) is 2.00. The van der Waals surface area contributed by atoms with Crippen LogP contribution in [0, 0.1) is 57.2 Å². The zero-order valence-corrected chi connectivity index (χ0v) is 16.2. The van der Waals surface area contributed by atoms with Gasteiger partial charge < -0.3 is 0 Å². The standard InChI is InChI=1S/C21H38/c1-11-15-13(4)20(9)17(15)16-14(5)19(8,12(2)3)21(16,10)18(20,6)7/h12-17H,11H2,1-10H3. The molecular weight excluding hydrogens is 252 g/mol. The van der Waals surface area contributed by atoms with Crippen LogP contribution in [0.5, 0.6) is 0 Å². The van der Waals surface area contributed by atoms with E-state index in [0.29, 0.717) is 21.7 Å². The van der Waals surface area contributed by atoms with E-state index in [9.17, 15) is 0 Å². The summed E-state index contributed by atoms with van der Waals surface area (Å²) < 4.78 is 0. The minimum absolute atomic E-state index is 0.450. The normalized spacial score (nSPS) is 61.0. The van der Waals surface area contributed by atoms with Crippen molar-refractivity contribution in [2.24, 2.45) is 57.2 Å². The molecule has 0 aromatic carbocycles. The summed E-state index contributed by atoms with van der Waals surface area (Å²) in [7, 11) is 0. The van der Waals surface area contributed by atoms with E-state index in [1.165, 1.54) is 6.42 Å². The van der Waals surface area contributed by atoms with E-state index in [2.05, 4.69) is 69.2 Å². The molecule has 0 nitrogen and oxygen atoms in total. The highest BCUT2D eigenvalue weighted by atomic mass is 14.9. The molecule has 3 saturated carbocycles. The van der Waals surface area contributed by atoms with E-state index >= 15 is 0 Å². The molecule has 0 aliphatic heterocycles. The fraction of sp³-hybridized carbons (Fsp3) is 1.00. The Labute approximate surface area is 133 Å². The highest BCUT2D eigenvalue weighted by molar-refractivity contribution is 5.32. The molecule has 0 heterocycles. The van der Waals surface area contributed by atoms with Crippen LogP contribution in [0.25, 0.3) is 0 Å². The zero-order chi connectivity index (χ0) is 16.2. The lowest BCUT2D eigenvalue weighted by Crippen LogP contribution is -2.67. The van der Waals surface area contributed by atoms with Gasteiger partial charge in [-0.2, -0.15) is 0 Å². The molecule has 0 aromatic rings. The maximum Gasteiger partial charge on any atom is -0.0176 e. The van der Waals surface area contributed by atoms with Gasteiger partial charge in [-0.05, 0) is 57.2 Å². The molecule has 0 saturated heterocycles. The molecule has 21 heavy (non-hydrogen) atoms. The molecular formula is C21H38. The van der Waals surface area contributed by atoms with Gasteiger partial charge in [-0.15, -0.1) is 0 Å². The van der Waals surface area contributed by atoms with Crippen LogP contribution < -0.4 is 0 Å². The maximum atomic E-state index is 2.67. The summed E-state index contributed by atoms with van der Waals surface area (Å²) in [6.07, 6.45) is 1.38. The van der Waals surface area contributed by atoms with Gasteiger partial charge >= 0.3 is 0 Å². The molecule has 122 valence electrons. The zero-order valence-electron chi connectivity index (χ0n) is 16.2. The van der Waals surface area contributed by atoms with Crippen LogP contribution in [-0.2, 0) is 0 Å². The SMILES string of the molecule is CCC1C(C)C2(C)C1C1C(C)C(C)(C(C)C)C1(C)C2(C)C. The lowest BCUT2D eigenvalue weighted by molar-refractivity contribution is -0.241. The Morgan fingerprint density at radius 3 is 1.81 bits per heavy atom. The average molecular weight is 291 g/mol. The fourth-order valence-corrected chi connectivity index (χ4v) is 8.67. The minimum atomic E-state index is 0.450. The lowest BCUT2D eigenvalue weighted by Gasteiger charge is -2.71. The Kier molecular flexibility index (Phi) is 2.95. The molecule has 3 aliphatic carbocycles. The lowest BCUT2D eigenvalue weighted by atomic mass is 9.33. The van der Waals surface area contributed by atoms with Gasteiger partial charge in [0.15, 0.2) is 0 Å². The molecule has 0 spiro atoms. The number of fused-ring (bicyclic) bond motifs is 3. The third-order valence-corrected chi connectivity index (χ3v) is 10.7. The van der Waals surface area contributed by atoms with Crippen LogP contribution in [0.1, 0.15) is 75.7 Å². The highest BCUT2D eigenvalue weighted by Crippen LogP contribution is 2.90. The predicted octanol–water partition coefficient (Wildman–Crippen LogP) is 6.26. The van der Waals surface area contributed by atoms with E-state index in [-0.39, 0.29) is 0 Å². The van der Waals surface area contributed by atoms with E-state index in [4.69, 9.17) is 0 Å². The first-order chi connectivity index (χ1) is 9.45. The Morgan fingerprint density at radius 2 is 1.38 bits per heavy atom. The molecule has 0 radical (unpaired) electrons. The van der Waals surface area contributed by atoms with Crippen molar-refractivity contribution in [1.82, 2.24) is 0 Å². The molecule has 0 aromatic heterocycles. The first kappa shape index (κ1) is 15.9. The van der Waals surface area contributed by atoms with Crippen molar-refractivity contribution in [2.75, 3.05) is 0 Å². The Bertz CT molecular complexity index is 461. The van der Waals surface area contributed by atoms with Crippen molar-refractivity contribution in [3.05, 3.63) is 0 Å². The smallest absolute Gasteiger partial charge is 0.0176 e. The second-order valence-electron chi connectivity index (χ2n) is 10.2. The largest absolute Gasteiger partial charge is 0.0651 e. The minimum Gasteiger partial charge on any atom is -0.0651 e. The molecule has 3 rings (SSSR count). The Hall–Kier alpha value is 0. The first-order valence-electron chi connectivity index (χ1n) is 9.45. The highest BCUT2D eigenvalue weighted by Gasteiger charge is 2.85. The van der Waals surface area contributed by atoms with E-state index in [1.54, 1.807) is 0 Å². The van der Waals surface area contributed by atoms with E-state index in [0.717, 1.165) is 35.5 Å². The quantitative estimate of drug-likeness (QED) is 0.563. The molecule has 0 heteroatoms. The van der Waals surface area contributed by atoms with Gasteiger partial charge in [-0.1, -0.05) is 75.7 Å². The van der Waals surface area contributed by atoms with Crippen LogP contribution >= 0.6 is 0 Å². The van der Waals surface area contributed by atoms with Gasteiger partial charge in [0.2, 0.25) is 0 Å². The monoisotopic (exact) mass is 290 g/mol. The van der Waals surface area contributed by atoms with Crippen molar-refractivity contribution in [3.8, 4) is 0 Å². The molecule has 3 aliphatic rings. The van der Waals surface area contributed by atoms with Gasteiger partial charge in [0.25, 0.3) is 0 Å². The van der Waals surface area contributed by atoms with Crippen molar-refractivity contribution in [3.63, 3.8) is 0 Å². The number of hydrogen-bond donors (Lipinski definition) is 0. The van der Waals surface area contributed by atoms with E-state index < -0.39 is 0 Å². The van der Waals surface area contributed by atoms with Crippen molar-refractivity contribution >= 4 is 0 Å². The van der Waals surface area contributed by atoms with Crippen LogP contribution in [0.3, 0.4) is 0 Å². The number of rotatable bonds is 2.